The van der Waals surface area contributed by atoms with Crippen molar-refractivity contribution in [1.29, 1.82) is 0 Å². The minimum Gasteiger partial charge on any atom is -0.333 e. The lowest BCUT2D eigenvalue weighted by Crippen LogP contribution is -2.49. The molecule has 1 fully saturated rings. The number of hydrogen-bond acceptors (Lipinski definition) is 4. The molecule has 23 heavy (non-hydrogen) atoms. The van der Waals surface area contributed by atoms with Gasteiger partial charge in [-0.3, -0.25) is 4.79 Å². The summed E-state index contributed by atoms with van der Waals surface area (Å²) in [5.74, 6) is -0.145. The Labute approximate surface area is 135 Å². The van der Waals surface area contributed by atoms with Crippen LogP contribution in [0.5, 0.6) is 0 Å². The molecular formula is C15H20N4O3S. The standard InChI is InChI=1S/C15H20N4O3S/c1-23(21,22)16-10-12-6-2-5-9-19(12)15(20)13-11-18-8-4-3-7-14(18)17-13/h3-4,7-8,11-12,16H,2,5-6,9-10H2,1H3. The van der Waals surface area contributed by atoms with Crippen LogP contribution in [0.4, 0.5) is 0 Å². The second-order valence-corrected chi connectivity index (χ2v) is 7.69. The molecule has 2 aromatic heterocycles. The molecule has 0 aliphatic carbocycles. The van der Waals surface area contributed by atoms with Crippen molar-refractivity contribution in [3.8, 4) is 0 Å². The highest BCUT2D eigenvalue weighted by Gasteiger charge is 2.29. The SMILES string of the molecule is CS(=O)(=O)NCC1CCCCN1C(=O)c1cn2ccccc2n1. The maximum atomic E-state index is 12.8. The van der Waals surface area contributed by atoms with E-state index in [1.807, 2.05) is 24.4 Å². The van der Waals surface area contributed by atoms with Gasteiger partial charge < -0.3 is 9.30 Å². The van der Waals surface area contributed by atoms with Gasteiger partial charge in [-0.05, 0) is 31.4 Å². The van der Waals surface area contributed by atoms with E-state index in [9.17, 15) is 13.2 Å². The number of nitrogens with one attached hydrogen (secondary N) is 1. The third kappa shape index (κ3) is 3.70. The highest BCUT2D eigenvalue weighted by atomic mass is 32.2. The smallest absolute Gasteiger partial charge is 0.274 e. The second-order valence-electron chi connectivity index (χ2n) is 5.86. The zero-order valence-electron chi connectivity index (χ0n) is 13.0. The molecule has 3 heterocycles. The summed E-state index contributed by atoms with van der Waals surface area (Å²) in [7, 11) is -3.27. The predicted octanol–water partition coefficient (Wildman–Crippen LogP) is 0.878. The van der Waals surface area contributed by atoms with Crippen molar-refractivity contribution in [3.63, 3.8) is 0 Å². The van der Waals surface area contributed by atoms with Crippen molar-refractivity contribution in [2.45, 2.75) is 25.3 Å². The Bertz CT molecular complexity index is 782. The molecular weight excluding hydrogens is 316 g/mol. The summed E-state index contributed by atoms with van der Waals surface area (Å²) < 4.78 is 26.9. The summed E-state index contributed by atoms with van der Waals surface area (Å²) in [5, 5.41) is 0. The quantitative estimate of drug-likeness (QED) is 0.898. The number of aromatic nitrogens is 2. The zero-order valence-corrected chi connectivity index (χ0v) is 13.8. The van der Waals surface area contributed by atoms with E-state index in [1.165, 1.54) is 0 Å². The minimum atomic E-state index is -3.27. The van der Waals surface area contributed by atoms with Gasteiger partial charge in [0.15, 0.2) is 0 Å². The lowest BCUT2D eigenvalue weighted by molar-refractivity contribution is 0.0613. The first-order valence-electron chi connectivity index (χ1n) is 7.63. The maximum absolute atomic E-state index is 12.8. The Balaban J connectivity index is 1.80. The van der Waals surface area contributed by atoms with Crippen LogP contribution in [-0.2, 0) is 10.0 Å². The van der Waals surface area contributed by atoms with E-state index in [1.54, 1.807) is 15.5 Å². The van der Waals surface area contributed by atoms with Gasteiger partial charge >= 0.3 is 0 Å². The molecule has 1 amide bonds. The van der Waals surface area contributed by atoms with Crippen molar-refractivity contribution in [2.24, 2.45) is 0 Å². The molecule has 1 aliphatic heterocycles. The first kappa shape index (κ1) is 15.9. The molecule has 8 heteroatoms. The third-order valence-electron chi connectivity index (χ3n) is 4.05. The zero-order chi connectivity index (χ0) is 16.4. The van der Waals surface area contributed by atoms with Crippen LogP contribution < -0.4 is 4.72 Å². The normalized spacial score (nSPS) is 19.2. The third-order valence-corrected chi connectivity index (χ3v) is 4.74. The van der Waals surface area contributed by atoms with E-state index in [4.69, 9.17) is 0 Å². The van der Waals surface area contributed by atoms with E-state index >= 15 is 0 Å². The average molecular weight is 336 g/mol. The van der Waals surface area contributed by atoms with Crippen LogP contribution in [0, 0.1) is 0 Å². The Morgan fingerprint density at radius 1 is 1.39 bits per heavy atom. The first-order chi connectivity index (χ1) is 10.9. The minimum absolute atomic E-state index is 0.129. The van der Waals surface area contributed by atoms with Crippen molar-refractivity contribution in [3.05, 3.63) is 36.3 Å². The van der Waals surface area contributed by atoms with Gasteiger partial charge in [0, 0.05) is 31.5 Å². The molecule has 124 valence electrons. The fourth-order valence-electron chi connectivity index (χ4n) is 2.91. The number of likely N-dealkylation sites (tertiary alicyclic amines) is 1. The number of hydrogen-bond donors (Lipinski definition) is 1. The Kier molecular flexibility index (Phi) is 4.36. The molecule has 1 unspecified atom stereocenters. The molecule has 7 nitrogen and oxygen atoms in total. The van der Waals surface area contributed by atoms with Gasteiger partial charge in [-0.2, -0.15) is 0 Å². The summed E-state index contributed by atoms with van der Waals surface area (Å²) in [5.41, 5.74) is 1.11. The second kappa shape index (κ2) is 6.29. The predicted molar refractivity (Wildman–Crippen MR) is 86.7 cm³/mol. The van der Waals surface area contributed by atoms with Crippen LogP contribution in [0.3, 0.4) is 0 Å². The molecule has 0 saturated carbocycles. The summed E-state index contributed by atoms with van der Waals surface area (Å²) in [6, 6.07) is 5.46. The number of amides is 1. The van der Waals surface area contributed by atoms with Crippen LogP contribution in [0.1, 0.15) is 29.8 Å². The lowest BCUT2D eigenvalue weighted by atomic mass is 10.0. The summed E-state index contributed by atoms with van der Waals surface area (Å²) >= 11 is 0. The molecule has 0 bridgehead atoms. The maximum Gasteiger partial charge on any atom is 0.274 e. The Hall–Kier alpha value is -1.93. The molecule has 1 atom stereocenters. The number of nitrogens with zero attached hydrogens (tertiary/aromatic N) is 3. The van der Waals surface area contributed by atoms with Crippen molar-refractivity contribution >= 4 is 21.6 Å². The van der Waals surface area contributed by atoms with Gasteiger partial charge in [0.1, 0.15) is 11.3 Å². The fourth-order valence-corrected chi connectivity index (χ4v) is 3.41. The van der Waals surface area contributed by atoms with Crippen LogP contribution in [0.15, 0.2) is 30.6 Å². The van der Waals surface area contributed by atoms with Crippen LogP contribution >= 0.6 is 0 Å². The number of imidazole rings is 1. The highest BCUT2D eigenvalue weighted by Crippen LogP contribution is 2.19. The fraction of sp³-hybridized carbons (Fsp3) is 0.467. The molecule has 0 aromatic carbocycles. The molecule has 1 aliphatic rings. The average Bonchev–Trinajstić information content (AvgIpc) is 2.96. The van der Waals surface area contributed by atoms with Gasteiger partial charge in [-0.1, -0.05) is 6.07 Å². The number of pyridine rings is 1. The Morgan fingerprint density at radius 2 is 2.22 bits per heavy atom. The van der Waals surface area contributed by atoms with Gasteiger partial charge in [0.25, 0.3) is 5.91 Å². The lowest BCUT2D eigenvalue weighted by Gasteiger charge is -2.35. The number of piperidine rings is 1. The molecule has 1 N–H and O–H groups in total. The van der Waals surface area contributed by atoms with Gasteiger partial charge in [-0.25, -0.2) is 18.1 Å². The van der Waals surface area contributed by atoms with E-state index in [0.29, 0.717) is 12.2 Å². The van der Waals surface area contributed by atoms with Crippen molar-refractivity contribution in [1.82, 2.24) is 19.0 Å². The summed E-state index contributed by atoms with van der Waals surface area (Å²) in [4.78, 5) is 18.9. The van der Waals surface area contributed by atoms with Crippen molar-refractivity contribution < 1.29 is 13.2 Å². The molecule has 3 rings (SSSR count). The molecule has 1 saturated heterocycles. The van der Waals surface area contributed by atoms with Crippen molar-refractivity contribution in [2.75, 3.05) is 19.3 Å². The van der Waals surface area contributed by atoms with E-state index < -0.39 is 10.0 Å². The van der Waals surface area contributed by atoms with Gasteiger partial charge in [-0.15, -0.1) is 0 Å². The first-order valence-corrected chi connectivity index (χ1v) is 9.52. The largest absolute Gasteiger partial charge is 0.333 e. The van der Waals surface area contributed by atoms with E-state index in [-0.39, 0.29) is 18.5 Å². The van der Waals surface area contributed by atoms with Crippen LogP contribution in [-0.4, -0.2) is 54.0 Å². The molecule has 0 radical (unpaired) electrons. The number of rotatable bonds is 4. The number of fused-ring (bicyclic) bond motifs is 1. The van der Waals surface area contributed by atoms with Gasteiger partial charge in [0.05, 0.1) is 6.26 Å². The van der Waals surface area contributed by atoms with Crippen LogP contribution in [0.25, 0.3) is 5.65 Å². The number of sulfonamides is 1. The summed E-state index contributed by atoms with van der Waals surface area (Å²) in [6.07, 6.45) is 7.40. The molecule has 2 aromatic rings. The van der Waals surface area contributed by atoms with Crippen LogP contribution in [0.2, 0.25) is 0 Å². The topological polar surface area (TPSA) is 83.8 Å². The Morgan fingerprint density at radius 3 is 2.96 bits per heavy atom. The summed E-state index contributed by atoms with van der Waals surface area (Å²) in [6.45, 7) is 0.876. The van der Waals surface area contributed by atoms with E-state index in [0.717, 1.165) is 31.2 Å². The molecule has 0 spiro atoms. The number of carbonyl (C=O) groups excluding carboxylic acids is 1. The number of carbonyl (C=O) groups is 1. The monoisotopic (exact) mass is 336 g/mol. The van der Waals surface area contributed by atoms with Gasteiger partial charge in [0.2, 0.25) is 10.0 Å². The van der Waals surface area contributed by atoms with E-state index in [2.05, 4.69) is 9.71 Å². The highest BCUT2D eigenvalue weighted by molar-refractivity contribution is 7.88.